The molecule has 0 amide bonds. The van der Waals surface area contributed by atoms with Gasteiger partial charge < -0.3 is 15.5 Å². The third-order valence-electron chi connectivity index (χ3n) is 4.94. The van der Waals surface area contributed by atoms with Crippen molar-refractivity contribution in [2.75, 3.05) is 13.2 Å². The third kappa shape index (κ3) is 2.01. The molecule has 3 N–H and O–H groups in total. The predicted molar refractivity (Wildman–Crippen MR) is 64.2 cm³/mol. The molecule has 2 aliphatic rings. The summed E-state index contributed by atoms with van der Waals surface area (Å²) in [6.45, 7) is 5.43. The van der Waals surface area contributed by atoms with Crippen LogP contribution >= 0.6 is 0 Å². The van der Waals surface area contributed by atoms with Crippen LogP contribution in [0.15, 0.2) is 0 Å². The van der Waals surface area contributed by atoms with Crippen LogP contribution in [-0.2, 0) is 0 Å². The van der Waals surface area contributed by atoms with E-state index in [0.717, 1.165) is 25.8 Å². The minimum Gasteiger partial charge on any atom is -0.396 e. The molecule has 2 fully saturated rings. The molecular formula is C13H25NO2. The van der Waals surface area contributed by atoms with Crippen LogP contribution in [0.4, 0.5) is 0 Å². The first-order chi connectivity index (χ1) is 7.50. The highest BCUT2D eigenvalue weighted by atomic mass is 16.3. The Morgan fingerprint density at radius 3 is 2.31 bits per heavy atom. The molecule has 2 unspecified atom stereocenters. The molecule has 0 saturated heterocycles. The van der Waals surface area contributed by atoms with Crippen LogP contribution in [0.5, 0.6) is 0 Å². The Labute approximate surface area is 98.2 Å². The Balaban J connectivity index is 1.83. The van der Waals surface area contributed by atoms with Crippen molar-refractivity contribution in [2.45, 2.75) is 58.1 Å². The average molecular weight is 227 g/mol. The van der Waals surface area contributed by atoms with Crippen LogP contribution in [0.3, 0.4) is 0 Å². The van der Waals surface area contributed by atoms with Gasteiger partial charge in [0.1, 0.15) is 0 Å². The van der Waals surface area contributed by atoms with Crippen LogP contribution in [-0.4, -0.2) is 35.5 Å². The van der Waals surface area contributed by atoms with Gasteiger partial charge in [0.15, 0.2) is 0 Å². The van der Waals surface area contributed by atoms with Crippen LogP contribution in [0, 0.1) is 10.8 Å². The molecule has 0 bridgehead atoms. The van der Waals surface area contributed by atoms with Crippen molar-refractivity contribution in [1.29, 1.82) is 0 Å². The summed E-state index contributed by atoms with van der Waals surface area (Å²) in [6.07, 6.45) is 5.48. The highest BCUT2D eigenvalue weighted by molar-refractivity contribution is 5.02. The molecule has 0 aromatic rings. The maximum Gasteiger partial charge on any atom is 0.0621 e. The van der Waals surface area contributed by atoms with Crippen molar-refractivity contribution in [1.82, 2.24) is 5.32 Å². The Morgan fingerprint density at radius 2 is 1.88 bits per heavy atom. The van der Waals surface area contributed by atoms with Crippen molar-refractivity contribution >= 4 is 0 Å². The fraction of sp³-hybridized carbons (Fsp3) is 1.00. The summed E-state index contributed by atoms with van der Waals surface area (Å²) >= 11 is 0. The lowest BCUT2D eigenvalue weighted by molar-refractivity contribution is -0.0762. The van der Waals surface area contributed by atoms with Gasteiger partial charge in [0, 0.05) is 30.0 Å². The van der Waals surface area contributed by atoms with E-state index in [-0.39, 0.29) is 16.9 Å². The molecular weight excluding hydrogens is 202 g/mol. The molecule has 0 radical (unpaired) electrons. The van der Waals surface area contributed by atoms with E-state index in [2.05, 4.69) is 19.2 Å². The Morgan fingerprint density at radius 1 is 1.25 bits per heavy atom. The minimum atomic E-state index is -0.168. The van der Waals surface area contributed by atoms with E-state index in [1.165, 1.54) is 12.8 Å². The van der Waals surface area contributed by atoms with Crippen molar-refractivity contribution in [3.8, 4) is 0 Å². The van der Waals surface area contributed by atoms with Gasteiger partial charge in [-0.2, -0.15) is 0 Å². The van der Waals surface area contributed by atoms with Gasteiger partial charge in [-0.15, -0.1) is 0 Å². The fourth-order valence-electron chi connectivity index (χ4n) is 3.10. The van der Waals surface area contributed by atoms with Crippen molar-refractivity contribution < 1.29 is 10.2 Å². The Bertz CT molecular complexity index is 246. The Kier molecular flexibility index (Phi) is 3.30. The number of aliphatic hydroxyl groups is 2. The fourth-order valence-corrected chi connectivity index (χ4v) is 3.10. The topological polar surface area (TPSA) is 52.5 Å². The van der Waals surface area contributed by atoms with Crippen LogP contribution in [0.25, 0.3) is 0 Å². The molecule has 3 nitrogen and oxygen atoms in total. The second-order valence-corrected chi connectivity index (χ2v) is 6.37. The summed E-state index contributed by atoms with van der Waals surface area (Å²) in [7, 11) is 0. The second kappa shape index (κ2) is 4.28. The SMILES string of the molecule is CC1(C)C(O)CC1NCC1(CO)CCCC1. The largest absolute Gasteiger partial charge is 0.396 e. The molecule has 0 aromatic carbocycles. The number of hydrogen-bond donors (Lipinski definition) is 3. The van der Waals surface area contributed by atoms with Crippen LogP contribution < -0.4 is 5.32 Å². The molecule has 94 valence electrons. The first-order valence-corrected chi connectivity index (χ1v) is 6.52. The van der Waals surface area contributed by atoms with E-state index in [9.17, 15) is 10.2 Å². The molecule has 16 heavy (non-hydrogen) atoms. The zero-order valence-corrected chi connectivity index (χ0v) is 10.5. The highest BCUT2D eigenvalue weighted by Crippen LogP contribution is 2.42. The summed E-state index contributed by atoms with van der Waals surface area (Å²) in [5.74, 6) is 0. The van der Waals surface area contributed by atoms with Gasteiger partial charge >= 0.3 is 0 Å². The zero-order valence-electron chi connectivity index (χ0n) is 10.5. The van der Waals surface area contributed by atoms with E-state index >= 15 is 0 Å². The van der Waals surface area contributed by atoms with Gasteiger partial charge in [-0.05, 0) is 19.3 Å². The first-order valence-electron chi connectivity index (χ1n) is 6.52. The van der Waals surface area contributed by atoms with Gasteiger partial charge in [0.25, 0.3) is 0 Å². The van der Waals surface area contributed by atoms with E-state index < -0.39 is 0 Å². The molecule has 0 aliphatic heterocycles. The average Bonchev–Trinajstić information content (AvgIpc) is 2.73. The normalized spacial score (nSPS) is 36.0. The van der Waals surface area contributed by atoms with Crippen LogP contribution in [0.2, 0.25) is 0 Å². The molecule has 2 saturated carbocycles. The Hall–Kier alpha value is -0.120. The summed E-state index contributed by atoms with van der Waals surface area (Å²) in [5, 5.41) is 22.7. The molecule has 2 aliphatic carbocycles. The maximum atomic E-state index is 9.67. The van der Waals surface area contributed by atoms with E-state index in [1.807, 2.05) is 0 Å². The number of aliphatic hydroxyl groups excluding tert-OH is 2. The van der Waals surface area contributed by atoms with E-state index in [4.69, 9.17) is 0 Å². The standard InChI is InChI=1S/C13H25NO2/c1-12(2)10(7-11(12)16)14-8-13(9-15)5-3-4-6-13/h10-11,14-16H,3-9H2,1-2H3. The molecule has 3 heteroatoms. The third-order valence-corrected chi connectivity index (χ3v) is 4.94. The van der Waals surface area contributed by atoms with Gasteiger partial charge in [-0.1, -0.05) is 26.7 Å². The summed E-state index contributed by atoms with van der Waals surface area (Å²) in [5.41, 5.74) is 0.117. The molecule has 2 rings (SSSR count). The second-order valence-electron chi connectivity index (χ2n) is 6.37. The monoisotopic (exact) mass is 227 g/mol. The lowest BCUT2D eigenvalue weighted by Crippen LogP contribution is -2.61. The molecule has 0 aromatic heterocycles. The van der Waals surface area contributed by atoms with E-state index in [0.29, 0.717) is 12.6 Å². The van der Waals surface area contributed by atoms with Crippen LogP contribution in [0.1, 0.15) is 46.0 Å². The predicted octanol–water partition coefficient (Wildman–Crippen LogP) is 1.29. The zero-order chi connectivity index (χ0) is 11.8. The number of nitrogens with one attached hydrogen (secondary N) is 1. The lowest BCUT2D eigenvalue weighted by atomic mass is 9.64. The quantitative estimate of drug-likeness (QED) is 0.678. The van der Waals surface area contributed by atoms with Crippen molar-refractivity contribution in [3.63, 3.8) is 0 Å². The molecule has 2 atom stereocenters. The van der Waals surface area contributed by atoms with Crippen molar-refractivity contribution in [3.05, 3.63) is 0 Å². The molecule has 0 spiro atoms. The summed E-state index contributed by atoms with van der Waals surface area (Å²) < 4.78 is 0. The minimum absolute atomic E-state index is 0.00471. The number of rotatable bonds is 4. The van der Waals surface area contributed by atoms with Crippen molar-refractivity contribution in [2.24, 2.45) is 10.8 Å². The van der Waals surface area contributed by atoms with Gasteiger partial charge in [-0.25, -0.2) is 0 Å². The smallest absolute Gasteiger partial charge is 0.0621 e. The van der Waals surface area contributed by atoms with Gasteiger partial charge in [-0.3, -0.25) is 0 Å². The highest BCUT2D eigenvalue weighted by Gasteiger charge is 2.47. The molecule has 0 heterocycles. The van der Waals surface area contributed by atoms with E-state index in [1.54, 1.807) is 0 Å². The maximum absolute atomic E-state index is 9.67. The first kappa shape index (κ1) is 12.3. The lowest BCUT2D eigenvalue weighted by Gasteiger charge is -2.50. The summed E-state index contributed by atoms with van der Waals surface area (Å²) in [6, 6.07) is 0.409. The number of hydrogen-bond acceptors (Lipinski definition) is 3. The van der Waals surface area contributed by atoms with Gasteiger partial charge in [0.05, 0.1) is 6.10 Å². The summed E-state index contributed by atoms with van der Waals surface area (Å²) in [4.78, 5) is 0. The van der Waals surface area contributed by atoms with Gasteiger partial charge in [0.2, 0.25) is 0 Å².